The Kier molecular flexibility index (Phi) is 10.3. The molecule has 4 nitrogen and oxygen atoms in total. The van der Waals surface area contributed by atoms with Gasteiger partial charge in [0.2, 0.25) is 0 Å². The van der Waals surface area contributed by atoms with Gasteiger partial charge in [0.1, 0.15) is 0 Å². The summed E-state index contributed by atoms with van der Waals surface area (Å²) in [6.07, 6.45) is 1.29. The third-order valence-corrected chi connectivity index (χ3v) is 2.36. The zero-order chi connectivity index (χ0) is 11.5. The van der Waals surface area contributed by atoms with E-state index in [0.29, 0.717) is 12.6 Å². The first-order chi connectivity index (χ1) is 7.24. The van der Waals surface area contributed by atoms with Crippen molar-refractivity contribution in [1.82, 2.24) is 10.6 Å². The molecule has 0 aromatic rings. The lowest BCUT2D eigenvalue weighted by Crippen LogP contribution is -2.35. The second-order valence-corrected chi connectivity index (χ2v) is 3.76. The van der Waals surface area contributed by atoms with Crippen LogP contribution in [0.1, 0.15) is 20.3 Å². The van der Waals surface area contributed by atoms with Crippen LogP contribution in [-0.2, 0) is 9.47 Å². The average molecular weight is 218 g/mol. The molecule has 0 heterocycles. The van der Waals surface area contributed by atoms with E-state index in [9.17, 15) is 0 Å². The molecule has 0 spiro atoms. The molecule has 0 aliphatic rings. The Bertz CT molecular complexity index is 134. The van der Waals surface area contributed by atoms with Crippen molar-refractivity contribution in [3.8, 4) is 0 Å². The summed E-state index contributed by atoms with van der Waals surface area (Å²) in [4.78, 5) is 0. The van der Waals surface area contributed by atoms with Crippen LogP contribution in [0.5, 0.6) is 0 Å². The topological polar surface area (TPSA) is 42.5 Å². The van der Waals surface area contributed by atoms with Crippen molar-refractivity contribution in [3.63, 3.8) is 0 Å². The largest absolute Gasteiger partial charge is 0.382 e. The molecule has 92 valence electrons. The van der Waals surface area contributed by atoms with Gasteiger partial charge in [-0.3, -0.25) is 0 Å². The van der Waals surface area contributed by atoms with Gasteiger partial charge in [-0.25, -0.2) is 0 Å². The third-order valence-electron chi connectivity index (χ3n) is 2.36. The second-order valence-electron chi connectivity index (χ2n) is 3.76. The molecule has 0 aliphatic heterocycles. The van der Waals surface area contributed by atoms with Crippen molar-refractivity contribution in [2.75, 3.05) is 40.5 Å². The number of ether oxygens (including phenoxy) is 2. The zero-order valence-electron chi connectivity index (χ0n) is 10.5. The minimum atomic E-state index is 0.157. The van der Waals surface area contributed by atoms with Crippen LogP contribution in [0, 0.1) is 0 Å². The molecule has 0 bridgehead atoms. The zero-order valence-corrected chi connectivity index (χ0v) is 10.5. The molecule has 0 radical (unpaired) electrons. The summed E-state index contributed by atoms with van der Waals surface area (Å²) in [5.41, 5.74) is 0. The van der Waals surface area contributed by atoms with Gasteiger partial charge in [-0.15, -0.1) is 0 Å². The molecule has 0 rings (SSSR count). The Labute approximate surface area is 93.7 Å². The molecule has 0 saturated carbocycles. The van der Waals surface area contributed by atoms with Crippen LogP contribution in [0.15, 0.2) is 0 Å². The number of hydrogen-bond acceptors (Lipinski definition) is 4. The van der Waals surface area contributed by atoms with Crippen molar-refractivity contribution >= 4 is 0 Å². The molecule has 2 unspecified atom stereocenters. The Morgan fingerprint density at radius 1 is 1.27 bits per heavy atom. The fraction of sp³-hybridized carbons (Fsp3) is 1.00. The van der Waals surface area contributed by atoms with E-state index in [0.717, 1.165) is 26.1 Å². The molecule has 0 aromatic heterocycles. The lowest BCUT2D eigenvalue weighted by molar-refractivity contribution is 0.0289. The highest BCUT2D eigenvalue weighted by atomic mass is 16.5. The lowest BCUT2D eigenvalue weighted by atomic mass is 10.2. The van der Waals surface area contributed by atoms with E-state index in [1.165, 1.54) is 0 Å². The van der Waals surface area contributed by atoms with Crippen molar-refractivity contribution in [2.45, 2.75) is 32.4 Å². The Morgan fingerprint density at radius 2 is 2.00 bits per heavy atom. The number of hydrogen-bond donors (Lipinski definition) is 2. The second kappa shape index (κ2) is 10.4. The van der Waals surface area contributed by atoms with Gasteiger partial charge in [0.25, 0.3) is 0 Å². The van der Waals surface area contributed by atoms with Crippen molar-refractivity contribution in [1.29, 1.82) is 0 Å². The summed E-state index contributed by atoms with van der Waals surface area (Å²) in [6.45, 7) is 7.87. The summed E-state index contributed by atoms with van der Waals surface area (Å²) in [5, 5.41) is 6.74. The van der Waals surface area contributed by atoms with Crippen LogP contribution in [0.4, 0.5) is 0 Å². The fourth-order valence-electron chi connectivity index (χ4n) is 1.43. The molecule has 2 atom stereocenters. The number of nitrogens with one attached hydrogen (secondary N) is 2. The smallest absolute Gasteiger partial charge is 0.0928 e. The van der Waals surface area contributed by atoms with Crippen LogP contribution < -0.4 is 10.6 Å². The van der Waals surface area contributed by atoms with Crippen molar-refractivity contribution < 1.29 is 9.47 Å². The Morgan fingerprint density at radius 3 is 2.53 bits per heavy atom. The maximum Gasteiger partial charge on any atom is 0.0928 e. The van der Waals surface area contributed by atoms with E-state index in [1.807, 2.05) is 0 Å². The van der Waals surface area contributed by atoms with Gasteiger partial charge in [-0.05, 0) is 26.4 Å². The van der Waals surface area contributed by atoms with Gasteiger partial charge in [0.15, 0.2) is 0 Å². The number of rotatable bonds is 10. The van der Waals surface area contributed by atoms with Gasteiger partial charge < -0.3 is 20.1 Å². The van der Waals surface area contributed by atoms with Gasteiger partial charge in [0, 0.05) is 26.8 Å². The minimum Gasteiger partial charge on any atom is -0.382 e. The SMILES string of the molecule is CCNC(C)CCNCC(COC)OC. The first kappa shape index (κ1) is 14.8. The molecule has 0 fully saturated rings. The molecule has 0 saturated heterocycles. The van der Waals surface area contributed by atoms with E-state index in [1.54, 1.807) is 14.2 Å². The van der Waals surface area contributed by atoms with E-state index >= 15 is 0 Å². The monoisotopic (exact) mass is 218 g/mol. The quantitative estimate of drug-likeness (QED) is 0.528. The summed E-state index contributed by atoms with van der Waals surface area (Å²) in [7, 11) is 3.41. The van der Waals surface area contributed by atoms with Crippen LogP contribution in [0.2, 0.25) is 0 Å². The van der Waals surface area contributed by atoms with Gasteiger partial charge >= 0.3 is 0 Å². The van der Waals surface area contributed by atoms with E-state index in [2.05, 4.69) is 24.5 Å². The van der Waals surface area contributed by atoms with Crippen molar-refractivity contribution in [2.24, 2.45) is 0 Å². The minimum absolute atomic E-state index is 0.157. The predicted molar refractivity (Wildman–Crippen MR) is 63.3 cm³/mol. The first-order valence-electron chi connectivity index (χ1n) is 5.70. The third kappa shape index (κ3) is 8.81. The van der Waals surface area contributed by atoms with Gasteiger partial charge in [0.05, 0.1) is 12.7 Å². The lowest BCUT2D eigenvalue weighted by Gasteiger charge is -2.16. The Balaban J connectivity index is 3.35. The predicted octanol–water partition coefficient (Wildman–Crippen LogP) is 0.626. The molecule has 4 heteroatoms. The molecular formula is C11H26N2O2. The van der Waals surface area contributed by atoms with Gasteiger partial charge in [-0.1, -0.05) is 6.92 Å². The molecule has 15 heavy (non-hydrogen) atoms. The fourth-order valence-corrected chi connectivity index (χ4v) is 1.43. The molecule has 0 aliphatic carbocycles. The maximum absolute atomic E-state index is 5.24. The standard InChI is InChI=1S/C11H26N2O2/c1-5-13-10(2)6-7-12-8-11(15-4)9-14-3/h10-13H,5-9H2,1-4H3. The first-order valence-corrected chi connectivity index (χ1v) is 5.70. The summed E-state index contributed by atoms with van der Waals surface area (Å²) < 4.78 is 10.3. The highest BCUT2D eigenvalue weighted by Crippen LogP contribution is 1.91. The highest BCUT2D eigenvalue weighted by molar-refractivity contribution is 4.64. The average Bonchev–Trinajstić information content (AvgIpc) is 2.23. The highest BCUT2D eigenvalue weighted by Gasteiger charge is 2.06. The van der Waals surface area contributed by atoms with Crippen molar-refractivity contribution in [3.05, 3.63) is 0 Å². The van der Waals surface area contributed by atoms with Crippen LogP contribution in [0.25, 0.3) is 0 Å². The molecule has 2 N–H and O–H groups in total. The molecule has 0 amide bonds. The normalized spacial score (nSPS) is 15.2. The van der Waals surface area contributed by atoms with Crippen LogP contribution >= 0.6 is 0 Å². The molecular weight excluding hydrogens is 192 g/mol. The van der Waals surface area contributed by atoms with E-state index in [-0.39, 0.29) is 6.10 Å². The summed E-state index contributed by atoms with van der Waals surface area (Å²) in [5.74, 6) is 0. The summed E-state index contributed by atoms with van der Waals surface area (Å²) >= 11 is 0. The van der Waals surface area contributed by atoms with Gasteiger partial charge in [-0.2, -0.15) is 0 Å². The van der Waals surface area contributed by atoms with Crippen LogP contribution in [0.3, 0.4) is 0 Å². The maximum atomic E-state index is 5.24. The molecule has 0 aromatic carbocycles. The van der Waals surface area contributed by atoms with Crippen LogP contribution in [-0.4, -0.2) is 52.6 Å². The van der Waals surface area contributed by atoms with E-state index in [4.69, 9.17) is 9.47 Å². The summed E-state index contributed by atoms with van der Waals surface area (Å²) in [6, 6.07) is 0.575. The van der Waals surface area contributed by atoms with E-state index < -0.39 is 0 Å². The Hall–Kier alpha value is -0.160. The number of methoxy groups -OCH3 is 2.